The van der Waals surface area contributed by atoms with E-state index in [-0.39, 0.29) is 5.91 Å². The van der Waals surface area contributed by atoms with Gasteiger partial charge in [0.2, 0.25) is 0 Å². The molecular formula is C19H19BrN2O. The molecule has 0 atom stereocenters. The summed E-state index contributed by atoms with van der Waals surface area (Å²) in [5.41, 5.74) is 4.82. The average Bonchev–Trinajstić information content (AvgIpc) is 2.51. The van der Waals surface area contributed by atoms with E-state index in [4.69, 9.17) is 0 Å². The predicted molar refractivity (Wildman–Crippen MR) is 99.2 cm³/mol. The van der Waals surface area contributed by atoms with Crippen molar-refractivity contribution in [3.05, 3.63) is 69.5 Å². The van der Waals surface area contributed by atoms with Crippen molar-refractivity contribution in [1.82, 2.24) is 0 Å². The number of amides is 1. The van der Waals surface area contributed by atoms with Gasteiger partial charge in [-0.3, -0.25) is 9.69 Å². The monoisotopic (exact) mass is 370 g/mol. The molecule has 0 saturated heterocycles. The van der Waals surface area contributed by atoms with Crippen LogP contribution in [0.5, 0.6) is 0 Å². The van der Waals surface area contributed by atoms with Crippen molar-refractivity contribution >= 4 is 33.2 Å². The molecule has 0 unspecified atom stereocenters. The van der Waals surface area contributed by atoms with Gasteiger partial charge >= 0.3 is 0 Å². The quantitative estimate of drug-likeness (QED) is 0.706. The number of nitrogens with zero attached hydrogens (tertiary/aromatic N) is 2. The second-order valence-electron chi connectivity index (χ2n) is 5.86. The molecule has 1 amide bonds. The van der Waals surface area contributed by atoms with Crippen molar-refractivity contribution in [1.29, 1.82) is 0 Å². The number of allylic oxidation sites excluding steroid dienone is 1. The van der Waals surface area contributed by atoms with Crippen LogP contribution >= 0.6 is 15.9 Å². The Morgan fingerprint density at radius 3 is 2.39 bits per heavy atom. The Morgan fingerprint density at radius 1 is 1.04 bits per heavy atom. The fraction of sp³-hybridized carbons (Fsp3) is 0.211. The third-order valence-electron chi connectivity index (χ3n) is 4.13. The van der Waals surface area contributed by atoms with Gasteiger partial charge in [0.1, 0.15) is 5.82 Å². The Morgan fingerprint density at radius 2 is 1.74 bits per heavy atom. The highest BCUT2D eigenvalue weighted by Gasteiger charge is 2.34. The normalized spacial score (nSPS) is 16.5. The lowest BCUT2D eigenvalue weighted by Gasteiger charge is -2.39. The molecule has 0 aromatic heterocycles. The van der Waals surface area contributed by atoms with E-state index < -0.39 is 0 Å². The maximum absolute atomic E-state index is 13.2. The first-order chi connectivity index (χ1) is 10.9. The first kappa shape index (κ1) is 15.8. The Kier molecular flexibility index (Phi) is 4.02. The summed E-state index contributed by atoms with van der Waals surface area (Å²) in [6.45, 7) is 6.06. The van der Waals surface area contributed by atoms with E-state index in [0.717, 1.165) is 27.2 Å². The number of rotatable bonds is 1. The summed E-state index contributed by atoms with van der Waals surface area (Å²) in [6.07, 6.45) is 0. The Labute approximate surface area is 145 Å². The van der Waals surface area contributed by atoms with Gasteiger partial charge in [-0.15, -0.1) is 0 Å². The van der Waals surface area contributed by atoms with E-state index in [1.807, 2.05) is 57.3 Å². The zero-order valence-corrected chi connectivity index (χ0v) is 15.3. The molecule has 1 heterocycles. The minimum absolute atomic E-state index is 0.000506. The first-order valence-electron chi connectivity index (χ1n) is 7.52. The van der Waals surface area contributed by atoms with E-state index in [0.29, 0.717) is 5.56 Å². The second-order valence-corrected chi connectivity index (χ2v) is 7.05. The number of aryl methyl sites for hydroxylation is 2. The lowest BCUT2D eigenvalue weighted by Crippen LogP contribution is -2.44. The van der Waals surface area contributed by atoms with E-state index in [1.165, 1.54) is 5.56 Å². The first-order valence-corrected chi connectivity index (χ1v) is 8.32. The third-order valence-corrected chi connectivity index (χ3v) is 4.48. The van der Waals surface area contributed by atoms with Gasteiger partial charge in [-0.25, -0.2) is 0 Å². The molecule has 0 spiro atoms. The minimum atomic E-state index is -0.000506. The molecule has 0 bridgehead atoms. The van der Waals surface area contributed by atoms with Crippen LogP contribution in [0.1, 0.15) is 28.4 Å². The number of benzene rings is 2. The smallest absolute Gasteiger partial charge is 0.266 e. The maximum atomic E-state index is 13.2. The molecule has 1 aliphatic rings. The summed E-state index contributed by atoms with van der Waals surface area (Å²) in [7, 11) is 1.99. The summed E-state index contributed by atoms with van der Waals surface area (Å²) in [5.74, 6) is 0.847. The van der Waals surface area contributed by atoms with Crippen molar-refractivity contribution in [2.45, 2.75) is 20.8 Å². The highest BCUT2D eigenvalue weighted by atomic mass is 79.9. The van der Waals surface area contributed by atoms with E-state index in [2.05, 4.69) is 33.8 Å². The number of halogens is 1. The van der Waals surface area contributed by atoms with Crippen LogP contribution in [-0.2, 0) is 0 Å². The fourth-order valence-electron chi connectivity index (χ4n) is 3.09. The molecule has 4 heteroatoms. The van der Waals surface area contributed by atoms with E-state index in [1.54, 1.807) is 4.90 Å². The second kappa shape index (κ2) is 5.85. The molecular weight excluding hydrogens is 352 g/mol. The molecule has 2 aromatic carbocycles. The van der Waals surface area contributed by atoms with Crippen molar-refractivity contribution in [3.63, 3.8) is 0 Å². The Bertz CT molecular complexity index is 822. The maximum Gasteiger partial charge on any atom is 0.266 e. The zero-order chi connectivity index (χ0) is 16.7. The molecule has 0 fully saturated rings. The largest absolute Gasteiger partial charge is 0.329 e. The molecule has 23 heavy (non-hydrogen) atoms. The summed E-state index contributed by atoms with van der Waals surface area (Å²) < 4.78 is 0.919. The van der Waals surface area contributed by atoms with Crippen molar-refractivity contribution in [2.75, 3.05) is 16.8 Å². The predicted octanol–water partition coefficient (Wildman–Crippen LogP) is 4.98. The van der Waals surface area contributed by atoms with Gasteiger partial charge in [-0.2, -0.15) is 0 Å². The van der Waals surface area contributed by atoms with Gasteiger partial charge < -0.3 is 4.90 Å². The van der Waals surface area contributed by atoms with E-state index in [9.17, 15) is 4.79 Å². The van der Waals surface area contributed by atoms with Gasteiger partial charge in [0, 0.05) is 11.5 Å². The van der Waals surface area contributed by atoms with Crippen LogP contribution < -0.4 is 9.80 Å². The number of hydrogen-bond acceptors (Lipinski definition) is 2. The van der Waals surface area contributed by atoms with Crippen LogP contribution in [0, 0.1) is 13.8 Å². The number of carbonyl (C=O) groups excluding carboxylic acids is 1. The number of carbonyl (C=O) groups is 1. The summed E-state index contributed by atoms with van der Waals surface area (Å²) in [5, 5.41) is 0. The molecule has 0 radical (unpaired) electrons. The molecule has 0 saturated carbocycles. The summed E-state index contributed by atoms with van der Waals surface area (Å²) in [4.78, 5) is 17.0. The van der Waals surface area contributed by atoms with Crippen LogP contribution in [0.2, 0.25) is 0 Å². The van der Waals surface area contributed by atoms with Crippen LogP contribution in [0.25, 0.3) is 0 Å². The Hall–Kier alpha value is -2.07. The van der Waals surface area contributed by atoms with Gasteiger partial charge in [0.25, 0.3) is 5.91 Å². The van der Waals surface area contributed by atoms with Crippen molar-refractivity contribution in [2.24, 2.45) is 0 Å². The zero-order valence-electron chi connectivity index (χ0n) is 13.7. The van der Waals surface area contributed by atoms with Crippen LogP contribution in [-0.4, -0.2) is 13.0 Å². The molecule has 2 aromatic rings. The highest BCUT2D eigenvalue weighted by Crippen LogP contribution is 2.38. The van der Waals surface area contributed by atoms with Crippen LogP contribution in [0.3, 0.4) is 0 Å². The topological polar surface area (TPSA) is 23.6 Å². The Balaban J connectivity index is 2.26. The van der Waals surface area contributed by atoms with Crippen LogP contribution in [0.15, 0.2) is 52.8 Å². The standard InChI is InChI=1S/C19H19BrN2O/c1-12-9-10-16(13(2)11-12)22-18(14(3)20)21(4)17-8-6-5-7-15(17)19(22)23/h5-11H,1-4H3/b18-14-. The van der Waals surface area contributed by atoms with Crippen molar-refractivity contribution < 1.29 is 4.79 Å². The van der Waals surface area contributed by atoms with Gasteiger partial charge in [-0.1, -0.05) is 45.8 Å². The molecule has 118 valence electrons. The van der Waals surface area contributed by atoms with Crippen molar-refractivity contribution in [3.8, 4) is 0 Å². The number of hydrogen-bond donors (Lipinski definition) is 0. The molecule has 3 nitrogen and oxygen atoms in total. The number of anilines is 2. The highest BCUT2D eigenvalue weighted by molar-refractivity contribution is 9.11. The summed E-state index contributed by atoms with van der Waals surface area (Å²) >= 11 is 3.58. The molecule has 0 N–H and O–H groups in total. The van der Waals surface area contributed by atoms with E-state index >= 15 is 0 Å². The lowest BCUT2D eigenvalue weighted by molar-refractivity contribution is 0.0991. The van der Waals surface area contributed by atoms with Gasteiger partial charge in [0.05, 0.1) is 16.9 Å². The molecule has 1 aliphatic heterocycles. The molecule has 0 aliphatic carbocycles. The van der Waals surface area contributed by atoms with Gasteiger partial charge in [-0.05, 0) is 44.5 Å². The number of fused-ring (bicyclic) bond motifs is 1. The van der Waals surface area contributed by atoms with Crippen LogP contribution in [0.4, 0.5) is 11.4 Å². The lowest BCUT2D eigenvalue weighted by atomic mass is 10.0. The SMILES string of the molecule is C/C(Br)=C1\N(C)c2ccccc2C(=O)N1c1ccc(C)cc1C. The van der Waals surface area contributed by atoms with Gasteiger partial charge in [0.15, 0.2) is 0 Å². The third kappa shape index (κ3) is 2.57. The molecule has 3 rings (SSSR count). The minimum Gasteiger partial charge on any atom is -0.329 e. The number of para-hydroxylation sites is 1. The average molecular weight is 371 g/mol. The summed E-state index contributed by atoms with van der Waals surface area (Å²) in [6, 6.07) is 13.9. The fourth-order valence-corrected chi connectivity index (χ4v) is 3.54.